The lowest BCUT2D eigenvalue weighted by Crippen LogP contribution is -2.47. The van der Waals surface area contributed by atoms with Crippen molar-refractivity contribution in [2.75, 3.05) is 24.3 Å². The first-order valence-corrected chi connectivity index (χ1v) is 8.61. The summed E-state index contributed by atoms with van der Waals surface area (Å²) < 4.78 is 57.3. The van der Waals surface area contributed by atoms with Crippen molar-refractivity contribution in [3.63, 3.8) is 0 Å². The smallest absolute Gasteiger partial charge is 0.441 e. The molecule has 124 valence electrons. The number of sulfone groups is 1. The standard InChI is InChI=1S/C9H15F3N2O5S2/c1-21(18,19)5-2-6(7(15)16)14-8(17)13-3-4-20-9(10,11)12/h6H,2-5H2,1H3,(H,15,16)(H2,13,14,17). The minimum absolute atomic E-state index is 0.311. The largest absolute Gasteiger partial charge is 0.480 e. The van der Waals surface area contributed by atoms with Crippen molar-refractivity contribution in [3.8, 4) is 0 Å². The Labute approximate surface area is 123 Å². The number of thioether (sulfide) groups is 1. The number of urea groups is 1. The molecule has 1 unspecified atom stereocenters. The molecule has 0 aromatic rings. The molecule has 21 heavy (non-hydrogen) atoms. The van der Waals surface area contributed by atoms with Crippen molar-refractivity contribution < 1.29 is 36.3 Å². The lowest BCUT2D eigenvalue weighted by Gasteiger charge is -2.14. The van der Waals surface area contributed by atoms with Crippen LogP contribution in [0.2, 0.25) is 0 Å². The number of rotatable bonds is 8. The van der Waals surface area contributed by atoms with E-state index in [9.17, 15) is 31.2 Å². The van der Waals surface area contributed by atoms with E-state index >= 15 is 0 Å². The summed E-state index contributed by atoms with van der Waals surface area (Å²) in [5.74, 6) is -2.29. The average Bonchev–Trinajstić information content (AvgIpc) is 2.27. The monoisotopic (exact) mass is 352 g/mol. The van der Waals surface area contributed by atoms with Gasteiger partial charge in [0.1, 0.15) is 15.9 Å². The topological polar surface area (TPSA) is 113 Å². The van der Waals surface area contributed by atoms with E-state index in [1.807, 2.05) is 5.32 Å². The molecular weight excluding hydrogens is 337 g/mol. The lowest BCUT2D eigenvalue weighted by atomic mass is 10.2. The van der Waals surface area contributed by atoms with E-state index in [0.717, 1.165) is 6.26 Å². The van der Waals surface area contributed by atoms with Gasteiger partial charge in [0.2, 0.25) is 0 Å². The summed E-state index contributed by atoms with van der Waals surface area (Å²) in [6.45, 7) is -0.311. The summed E-state index contributed by atoms with van der Waals surface area (Å²) >= 11 is -0.324. The molecule has 0 radical (unpaired) electrons. The molecule has 0 saturated heterocycles. The Morgan fingerprint density at radius 1 is 1.33 bits per heavy atom. The van der Waals surface area contributed by atoms with Crippen molar-refractivity contribution in [3.05, 3.63) is 0 Å². The van der Waals surface area contributed by atoms with Crippen LogP contribution in [0.5, 0.6) is 0 Å². The maximum Gasteiger partial charge on any atom is 0.441 e. The number of carboxylic acids is 1. The second kappa shape index (κ2) is 8.32. The average molecular weight is 352 g/mol. The Kier molecular flexibility index (Phi) is 7.85. The number of hydrogen-bond acceptors (Lipinski definition) is 5. The van der Waals surface area contributed by atoms with Crippen LogP contribution < -0.4 is 10.6 Å². The molecule has 2 amide bonds. The summed E-state index contributed by atoms with van der Waals surface area (Å²) in [6, 6.07) is -2.41. The minimum Gasteiger partial charge on any atom is -0.480 e. The van der Waals surface area contributed by atoms with Gasteiger partial charge in [-0.25, -0.2) is 18.0 Å². The van der Waals surface area contributed by atoms with Crippen LogP contribution in [0, 0.1) is 0 Å². The zero-order chi connectivity index (χ0) is 16.7. The van der Waals surface area contributed by atoms with E-state index in [-0.39, 0.29) is 24.7 Å². The summed E-state index contributed by atoms with van der Waals surface area (Å²) in [6.07, 6.45) is 0.583. The molecule has 0 rings (SSSR count). The first-order chi connectivity index (χ1) is 9.41. The number of aliphatic carboxylic acids is 1. The Balaban J connectivity index is 4.15. The van der Waals surface area contributed by atoms with Gasteiger partial charge in [-0.05, 0) is 18.2 Å². The lowest BCUT2D eigenvalue weighted by molar-refractivity contribution is -0.139. The molecule has 0 aliphatic carbocycles. The molecule has 0 heterocycles. The fourth-order valence-corrected chi connectivity index (χ4v) is 2.23. The van der Waals surface area contributed by atoms with Crippen LogP contribution in [0.25, 0.3) is 0 Å². The highest BCUT2D eigenvalue weighted by molar-refractivity contribution is 8.00. The number of hydrogen-bond donors (Lipinski definition) is 3. The van der Waals surface area contributed by atoms with Gasteiger partial charge in [0.25, 0.3) is 0 Å². The van der Waals surface area contributed by atoms with Gasteiger partial charge in [0.15, 0.2) is 0 Å². The van der Waals surface area contributed by atoms with Crippen molar-refractivity contribution in [1.29, 1.82) is 0 Å². The van der Waals surface area contributed by atoms with E-state index < -0.39 is 44.9 Å². The summed E-state index contributed by atoms with van der Waals surface area (Å²) in [7, 11) is -3.39. The molecule has 0 aliphatic heterocycles. The maximum atomic E-state index is 11.8. The van der Waals surface area contributed by atoms with Crippen LogP contribution in [0.3, 0.4) is 0 Å². The number of alkyl halides is 3. The van der Waals surface area contributed by atoms with Crippen LogP contribution in [0.1, 0.15) is 6.42 Å². The predicted octanol–water partition coefficient (Wildman–Crippen LogP) is 0.426. The Bertz CT molecular complexity index is 466. The van der Waals surface area contributed by atoms with Gasteiger partial charge in [-0.1, -0.05) is 0 Å². The molecule has 0 spiro atoms. The zero-order valence-electron chi connectivity index (χ0n) is 10.9. The van der Waals surface area contributed by atoms with Gasteiger partial charge in [-0.2, -0.15) is 13.2 Å². The fraction of sp³-hybridized carbons (Fsp3) is 0.778. The molecule has 3 N–H and O–H groups in total. The van der Waals surface area contributed by atoms with Crippen molar-refractivity contribution in [2.45, 2.75) is 18.0 Å². The van der Waals surface area contributed by atoms with Crippen molar-refractivity contribution in [1.82, 2.24) is 10.6 Å². The molecule has 7 nitrogen and oxygen atoms in total. The SMILES string of the molecule is CS(=O)(=O)CCC(NC(=O)NCCSC(F)(F)F)C(=O)O. The molecule has 0 aromatic carbocycles. The highest BCUT2D eigenvalue weighted by Crippen LogP contribution is 2.29. The number of amides is 2. The Morgan fingerprint density at radius 2 is 1.90 bits per heavy atom. The van der Waals surface area contributed by atoms with E-state index in [2.05, 4.69) is 5.32 Å². The number of nitrogens with one attached hydrogen (secondary N) is 2. The van der Waals surface area contributed by atoms with Gasteiger partial charge in [0, 0.05) is 18.6 Å². The summed E-state index contributed by atoms with van der Waals surface area (Å²) in [5.41, 5.74) is -4.41. The number of halogens is 3. The third kappa shape index (κ3) is 12.3. The molecular formula is C9H15F3N2O5S2. The van der Waals surface area contributed by atoms with Gasteiger partial charge in [0.05, 0.1) is 5.75 Å². The molecule has 0 saturated carbocycles. The van der Waals surface area contributed by atoms with E-state index in [1.54, 1.807) is 0 Å². The quantitative estimate of drug-likeness (QED) is 0.546. The van der Waals surface area contributed by atoms with E-state index in [4.69, 9.17) is 5.11 Å². The Morgan fingerprint density at radius 3 is 2.33 bits per heavy atom. The van der Waals surface area contributed by atoms with Crippen LogP contribution >= 0.6 is 11.8 Å². The second-order valence-corrected chi connectivity index (χ2v) is 7.42. The first-order valence-electron chi connectivity index (χ1n) is 5.56. The number of carbonyl (C=O) groups is 2. The first kappa shape index (κ1) is 19.8. The molecule has 0 aliphatic rings. The van der Waals surface area contributed by atoms with Crippen LogP contribution in [0.15, 0.2) is 0 Å². The highest BCUT2D eigenvalue weighted by Gasteiger charge is 2.27. The normalized spacial score (nSPS) is 13.5. The van der Waals surface area contributed by atoms with Crippen LogP contribution in [-0.4, -0.2) is 61.4 Å². The van der Waals surface area contributed by atoms with E-state index in [0.29, 0.717) is 0 Å². The van der Waals surface area contributed by atoms with E-state index in [1.165, 1.54) is 0 Å². The van der Waals surface area contributed by atoms with Crippen molar-refractivity contribution >= 4 is 33.6 Å². The van der Waals surface area contributed by atoms with Crippen LogP contribution in [0.4, 0.5) is 18.0 Å². The van der Waals surface area contributed by atoms with Gasteiger partial charge >= 0.3 is 17.5 Å². The van der Waals surface area contributed by atoms with Crippen molar-refractivity contribution in [2.24, 2.45) is 0 Å². The minimum atomic E-state index is -4.41. The molecule has 1 atom stereocenters. The van der Waals surface area contributed by atoms with Gasteiger partial charge < -0.3 is 15.7 Å². The number of carbonyl (C=O) groups excluding carboxylic acids is 1. The highest BCUT2D eigenvalue weighted by atomic mass is 32.2. The fourth-order valence-electron chi connectivity index (χ4n) is 1.13. The molecule has 12 heteroatoms. The van der Waals surface area contributed by atoms with Gasteiger partial charge in [-0.15, -0.1) is 0 Å². The van der Waals surface area contributed by atoms with Gasteiger partial charge in [-0.3, -0.25) is 0 Å². The zero-order valence-corrected chi connectivity index (χ0v) is 12.6. The number of carboxylic acid groups (broad SMARTS) is 1. The Hall–Kier alpha value is -1.17. The van der Waals surface area contributed by atoms with Crippen LogP contribution in [-0.2, 0) is 14.6 Å². The second-order valence-electron chi connectivity index (χ2n) is 4.00. The predicted molar refractivity (Wildman–Crippen MR) is 70.8 cm³/mol. The summed E-state index contributed by atoms with van der Waals surface area (Å²) in [4.78, 5) is 22.1. The molecule has 0 bridgehead atoms. The molecule has 0 fully saturated rings. The molecule has 0 aromatic heterocycles. The maximum absolute atomic E-state index is 11.8. The summed E-state index contributed by atoms with van der Waals surface area (Å²) in [5, 5.41) is 12.8. The third-order valence-electron chi connectivity index (χ3n) is 2.03. The third-order valence-corrected chi connectivity index (χ3v) is 3.75.